The maximum Gasteiger partial charge on any atom is 0.341 e. The predicted octanol–water partition coefficient (Wildman–Crippen LogP) is 1.23. The number of carbonyl (C=O) groups excluding carboxylic acids is 2. The number of urea groups is 1. The van der Waals surface area contributed by atoms with Crippen LogP contribution in [-0.2, 0) is 22.3 Å². The fraction of sp³-hybridized carbons (Fsp3) is 0.684. The van der Waals surface area contributed by atoms with Crippen molar-refractivity contribution < 1.29 is 24.0 Å². The van der Waals surface area contributed by atoms with Crippen LogP contribution in [0.5, 0.6) is 0 Å². The number of rotatable bonds is 7. The molecule has 1 aliphatic heterocycles. The summed E-state index contributed by atoms with van der Waals surface area (Å²) < 4.78 is 10.6. The SMILES string of the molecule is CCOC(=O)c1c(NC(=O)NCCC[NH+]2CCOCC2)sc2c1CCCC2. The van der Waals surface area contributed by atoms with Crippen molar-refractivity contribution in [1.82, 2.24) is 5.32 Å². The van der Waals surface area contributed by atoms with Gasteiger partial charge in [-0.3, -0.25) is 5.32 Å². The summed E-state index contributed by atoms with van der Waals surface area (Å²) >= 11 is 1.52. The molecule has 0 atom stereocenters. The predicted molar refractivity (Wildman–Crippen MR) is 105 cm³/mol. The second-order valence-electron chi connectivity index (χ2n) is 6.98. The lowest BCUT2D eigenvalue weighted by molar-refractivity contribution is -0.908. The van der Waals surface area contributed by atoms with Crippen molar-refractivity contribution in [2.24, 2.45) is 0 Å². The average molecular weight is 397 g/mol. The van der Waals surface area contributed by atoms with E-state index in [2.05, 4.69) is 10.6 Å². The normalized spacial score (nSPS) is 17.2. The Kier molecular flexibility index (Phi) is 7.49. The summed E-state index contributed by atoms with van der Waals surface area (Å²) in [6, 6.07) is -0.254. The van der Waals surface area contributed by atoms with E-state index < -0.39 is 0 Å². The lowest BCUT2D eigenvalue weighted by Gasteiger charge is -2.23. The van der Waals surface area contributed by atoms with Gasteiger partial charge in [-0.2, -0.15) is 0 Å². The summed E-state index contributed by atoms with van der Waals surface area (Å²) in [7, 11) is 0. The Bertz CT molecular complexity index is 656. The number of amides is 2. The molecule has 1 aromatic heterocycles. The van der Waals surface area contributed by atoms with E-state index in [0.717, 1.165) is 70.5 Å². The van der Waals surface area contributed by atoms with E-state index >= 15 is 0 Å². The van der Waals surface area contributed by atoms with Crippen molar-refractivity contribution in [2.75, 3.05) is 51.3 Å². The first-order valence-electron chi connectivity index (χ1n) is 9.97. The minimum atomic E-state index is -0.330. The Hall–Kier alpha value is -1.64. The number of thiophene rings is 1. The first-order valence-corrected chi connectivity index (χ1v) is 10.8. The molecule has 0 radical (unpaired) electrons. The summed E-state index contributed by atoms with van der Waals surface area (Å²) in [6.45, 7) is 7.50. The number of nitrogens with one attached hydrogen (secondary N) is 3. The Morgan fingerprint density at radius 2 is 2.00 bits per heavy atom. The molecule has 1 fully saturated rings. The molecule has 2 aliphatic rings. The van der Waals surface area contributed by atoms with Crippen LogP contribution in [0, 0.1) is 0 Å². The number of anilines is 1. The summed E-state index contributed by atoms with van der Waals surface area (Å²) in [4.78, 5) is 27.5. The van der Waals surface area contributed by atoms with Crippen molar-refractivity contribution in [3.05, 3.63) is 16.0 Å². The molecule has 1 saturated heterocycles. The molecule has 2 heterocycles. The van der Waals surface area contributed by atoms with Crippen LogP contribution in [0.3, 0.4) is 0 Å². The quantitative estimate of drug-likeness (QED) is 0.478. The Balaban J connectivity index is 1.53. The fourth-order valence-corrected chi connectivity index (χ4v) is 4.94. The van der Waals surface area contributed by atoms with Crippen molar-refractivity contribution in [3.8, 4) is 0 Å². The Morgan fingerprint density at radius 1 is 1.22 bits per heavy atom. The molecule has 0 bridgehead atoms. The number of ether oxygens (including phenoxy) is 2. The molecule has 0 unspecified atom stereocenters. The molecule has 27 heavy (non-hydrogen) atoms. The fourth-order valence-electron chi connectivity index (χ4n) is 3.67. The van der Waals surface area contributed by atoms with Gasteiger partial charge in [-0.25, -0.2) is 9.59 Å². The molecule has 1 aliphatic carbocycles. The van der Waals surface area contributed by atoms with Crippen LogP contribution in [0.4, 0.5) is 9.80 Å². The number of quaternary nitrogens is 1. The number of morpholine rings is 1. The zero-order valence-electron chi connectivity index (χ0n) is 16.0. The first kappa shape index (κ1) is 20.1. The topological polar surface area (TPSA) is 81.1 Å². The van der Waals surface area contributed by atoms with E-state index in [4.69, 9.17) is 9.47 Å². The molecule has 8 heteroatoms. The van der Waals surface area contributed by atoms with Crippen LogP contribution < -0.4 is 15.5 Å². The van der Waals surface area contributed by atoms with Crippen LogP contribution in [0.2, 0.25) is 0 Å². The van der Waals surface area contributed by atoms with E-state index in [1.165, 1.54) is 21.1 Å². The molecular formula is C19H30N3O4S+. The second-order valence-corrected chi connectivity index (χ2v) is 8.09. The van der Waals surface area contributed by atoms with Crippen LogP contribution >= 0.6 is 11.3 Å². The molecular weight excluding hydrogens is 366 g/mol. The van der Waals surface area contributed by atoms with Gasteiger partial charge in [0.2, 0.25) is 0 Å². The largest absolute Gasteiger partial charge is 0.462 e. The monoisotopic (exact) mass is 396 g/mol. The third-order valence-electron chi connectivity index (χ3n) is 5.07. The third kappa shape index (κ3) is 5.43. The van der Waals surface area contributed by atoms with E-state index in [1.807, 2.05) is 0 Å². The van der Waals surface area contributed by atoms with E-state index in [1.54, 1.807) is 6.92 Å². The van der Waals surface area contributed by atoms with Gasteiger partial charge in [-0.1, -0.05) is 0 Å². The van der Waals surface area contributed by atoms with Gasteiger partial charge in [0.25, 0.3) is 0 Å². The van der Waals surface area contributed by atoms with Crippen LogP contribution in [-0.4, -0.2) is 58.0 Å². The number of carbonyl (C=O) groups is 2. The van der Waals surface area contributed by atoms with Crippen molar-refractivity contribution in [3.63, 3.8) is 0 Å². The highest BCUT2D eigenvalue weighted by molar-refractivity contribution is 7.17. The van der Waals surface area contributed by atoms with Gasteiger partial charge in [0, 0.05) is 17.8 Å². The second kappa shape index (κ2) is 10.1. The van der Waals surface area contributed by atoms with E-state index in [9.17, 15) is 9.59 Å². The minimum absolute atomic E-state index is 0.254. The van der Waals surface area contributed by atoms with Crippen LogP contribution in [0.1, 0.15) is 47.0 Å². The van der Waals surface area contributed by atoms with E-state index in [-0.39, 0.29) is 12.0 Å². The highest BCUT2D eigenvalue weighted by Crippen LogP contribution is 2.38. The third-order valence-corrected chi connectivity index (χ3v) is 6.28. The Labute approximate surface area is 164 Å². The molecule has 2 amide bonds. The van der Waals surface area contributed by atoms with Crippen LogP contribution in [0.15, 0.2) is 0 Å². The maximum atomic E-state index is 12.4. The molecule has 3 rings (SSSR count). The highest BCUT2D eigenvalue weighted by atomic mass is 32.1. The van der Waals surface area contributed by atoms with E-state index in [0.29, 0.717) is 23.7 Å². The average Bonchev–Trinajstić information content (AvgIpc) is 3.04. The summed E-state index contributed by atoms with van der Waals surface area (Å²) in [5.74, 6) is -0.330. The zero-order valence-corrected chi connectivity index (χ0v) is 16.8. The maximum absolute atomic E-state index is 12.4. The number of aryl methyl sites for hydroxylation is 1. The first-order chi connectivity index (χ1) is 13.2. The van der Waals surface area contributed by atoms with Gasteiger partial charge < -0.3 is 19.7 Å². The number of hydrogen-bond donors (Lipinski definition) is 3. The molecule has 0 aromatic carbocycles. The molecule has 150 valence electrons. The lowest BCUT2D eigenvalue weighted by Crippen LogP contribution is -3.14. The number of esters is 1. The summed E-state index contributed by atoms with van der Waals surface area (Å²) in [5.41, 5.74) is 1.63. The zero-order chi connectivity index (χ0) is 19.1. The van der Waals surface area contributed by atoms with Gasteiger partial charge in [0.15, 0.2) is 0 Å². The van der Waals surface area contributed by atoms with Crippen molar-refractivity contribution in [2.45, 2.75) is 39.0 Å². The molecule has 0 spiro atoms. The summed E-state index contributed by atoms with van der Waals surface area (Å²) in [6.07, 6.45) is 4.98. The van der Waals surface area contributed by atoms with Crippen molar-refractivity contribution in [1.29, 1.82) is 0 Å². The summed E-state index contributed by atoms with van der Waals surface area (Å²) in [5, 5.41) is 6.42. The highest BCUT2D eigenvalue weighted by Gasteiger charge is 2.27. The Morgan fingerprint density at radius 3 is 2.78 bits per heavy atom. The molecule has 7 nitrogen and oxygen atoms in total. The van der Waals surface area contributed by atoms with Crippen molar-refractivity contribution >= 4 is 28.3 Å². The van der Waals surface area contributed by atoms with Gasteiger partial charge in [-0.15, -0.1) is 11.3 Å². The molecule has 0 saturated carbocycles. The molecule has 3 N–H and O–H groups in total. The smallest absolute Gasteiger partial charge is 0.341 e. The lowest BCUT2D eigenvalue weighted by atomic mass is 9.95. The van der Waals surface area contributed by atoms with Gasteiger partial charge in [0.1, 0.15) is 18.1 Å². The van der Waals surface area contributed by atoms with Gasteiger partial charge in [-0.05, 0) is 38.2 Å². The van der Waals surface area contributed by atoms with Gasteiger partial charge in [0.05, 0.1) is 31.9 Å². The number of hydrogen-bond acceptors (Lipinski definition) is 5. The molecule has 1 aromatic rings. The standard InChI is InChI=1S/C19H29N3O4S/c1-2-26-18(23)16-14-6-3-4-7-15(14)27-17(16)21-19(24)20-8-5-9-22-10-12-25-13-11-22/h2-13H2,1H3,(H2,20,21,24)/p+1. The number of fused-ring (bicyclic) bond motifs is 1. The van der Waals surface area contributed by atoms with Crippen LogP contribution in [0.25, 0.3) is 0 Å². The minimum Gasteiger partial charge on any atom is -0.462 e. The van der Waals surface area contributed by atoms with Gasteiger partial charge >= 0.3 is 12.0 Å².